The smallest absolute Gasteiger partial charge is 0.170 e. The minimum Gasteiger partial charge on any atom is -0.376 e. The molecular formula is C19H24N4OS. The van der Waals surface area contributed by atoms with Crippen molar-refractivity contribution in [3.63, 3.8) is 0 Å². The summed E-state index contributed by atoms with van der Waals surface area (Å²) in [4.78, 5) is 6.88. The lowest BCUT2D eigenvalue weighted by molar-refractivity contribution is 0.0835. The van der Waals surface area contributed by atoms with E-state index in [1.165, 1.54) is 11.4 Å². The van der Waals surface area contributed by atoms with Gasteiger partial charge in [-0.05, 0) is 56.2 Å². The summed E-state index contributed by atoms with van der Waals surface area (Å²) >= 11 is 5.70. The third-order valence-corrected chi connectivity index (χ3v) is 5.69. The third kappa shape index (κ3) is 3.04. The van der Waals surface area contributed by atoms with Gasteiger partial charge in [-0.15, -0.1) is 0 Å². The van der Waals surface area contributed by atoms with E-state index < -0.39 is 0 Å². The first-order valence-corrected chi connectivity index (χ1v) is 9.28. The number of aryl methyl sites for hydroxylation is 1. The van der Waals surface area contributed by atoms with Crippen molar-refractivity contribution >= 4 is 17.3 Å². The van der Waals surface area contributed by atoms with E-state index in [-0.39, 0.29) is 18.2 Å². The highest BCUT2D eigenvalue weighted by atomic mass is 32.1. The third-order valence-electron chi connectivity index (χ3n) is 5.34. The van der Waals surface area contributed by atoms with E-state index in [1.54, 1.807) is 0 Å². The van der Waals surface area contributed by atoms with Gasteiger partial charge in [-0.1, -0.05) is 6.07 Å². The normalized spacial score (nSPS) is 26.2. The second kappa shape index (κ2) is 6.77. The molecule has 25 heavy (non-hydrogen) atoms. The summed E-state index contributed by atoms with van der Waals surface area (Å²) < 4.78 is 8.12. The Bertz CT molecular complexity index is 754. The van der Waals surface area contributed by atoms with Gasteiger partial charge in [0.05, 0.1) is 23.9 Å². The molecule has 2 aromatic heterocycles. The predicted molar refractivity (Wildman–Crippen MR) is 101 cm³/mol. The van der Waals surface area contributed by atoms with Crippen LogP contribution in [0.5, 0.6) is 0 Å². The molecular weight excluding hydrogens is 332 g/mol. The summed E-state index contributed by atoms with van der Waals surface area (Å²) in [5, 5.41) is 4.29. The zero-order valence-electron chi connectivity index (χ0n) is 14.7. The molecule has 0 bridgehead atoms. The Morgan fingerprint density at radius 3 is 2.84 bits per heavy atom. The van der Waals surface area contributed by atoms with Gasteiger partial charge in [0.2, 0.25) is 0 Å². The summed E-state index contributed by atoms with van der Waals surface area (Å²) in [6, 6.07) is 10.6. The molecule has 2 fully saturated rings. The summed E-state index contributed by atoms with van der Waals surface area (Å²) in [6.07, 6.45) is 4.34. The molecule has 2 aromatic rings. The van der Waals surface area contributed by atoms with Crippen LogP contribution in [0.15, 0.2) is 36.5 Å². The van der Waals surface area contributed by atoms with Crippen LogP contribution in [0.4, 0.5) is 0 Å². The highest BCUT2D eigenvalue weighted by Gasteiger charge is 2.42. The second-order valence-corrected chi connectivity index (χ2v) is 7.26. The Kier molecular flexibility index (Phi) is 4.48. The molecule has 5 nitrogen and oxygen atoms in total. The van der Waals surface area contributed by atoms with Crippen LogP contribution in [0.1, 0.15) is 42.0 Å². The van der Waals surface area contributed by atoms with Gasteiger partial charge in [0, 0.05) is 37.8 Å². The molecule has 6 heteroatoms. The van der Waals surface area contributed by atoms with E-state index in [9.17, 15) is 0 Å². The number of ether oxygens (including phenoxy) is 1. The van der Waals surface area contributed by atoms with Crippen molar-refractivity contribution in [3.05, 3.63) is 53.6 Å². The van der Waals surface area contributed by atoms with Gasteiger partial charge in [-0.2, -0.15) is 0 Å². The number of aromatic nitrogens is 2. The van der Waals surface area contributed by atoms with Crippen LogP contribution in [-0.4, -0.2) is 38.8 Å². The molecule has 1 N–H and O–H groups in total. The van der Waals surface area contributed by atoms with Crippen LogP contribution in [0.2, 0.25) is 0 Å². The van der Waals surface area contributed by atoms with Crippen molar-refractivity contribution in [1.29, 1.82) is 0 Å². The fraction of sp³-hybridized carbons (Fsp3) is 0.474. The van der Waals surface area contributed by atoms with E-state index >= 15 is 0 Å². The van der Waals surface area contributed by atoms with Crippen molar-refractivity contribution in [2.24, 2.45) is 7.05 Å². The number of nitrogens with zero attached hydrogens (tertiary/aromatic N) is 3. The first kappa shape index (κ1) is 16.5. The Morgan fingerprint density at radius 1 is 1.32 bits per heavy atom. The zero-order chi connectivity index (χ0) is 17.4. The zero-order valence-corrected chi connectivity index (χ0v) is 15.5. The minimum atomic E-state index is 0.0445. The Labute approximate surface area is 154 Å². The standard InChI is InChI=1S/C19H24N4OS/c1-13-8-9-16(22(13)2)18-17(15-7-3-4-10-20-15)21-19(25)23(18)12-14-6-5-11-24-14/h3-4,7-10,14,17-18H,5-6,11-12H2,1-2H3,(H,21,25). The minimum absolute atomic E-state index is 0.0445. The maximum atomic E-state index is 5.87. The summed E-state index contributed by atoms with van der Waals surface area (Å²) in [6.45, 7) is 3.81. The SMILES string of the molecule is Cc1ccc(C2C(c3ccccn3)NC(=S)N2CC2CCCO2)n1C. The maximum Gasteiger partial charge on any atom is 0.170 e. The van der Waals surface area contributed by atoms with E-state index in [0.717, 1.165) is 36.8 Å². The maximum absolute atomic E-state index is 5.87. The molecule has 2 saturated heterocycles. The molecule has 3 unspecified atom stereocenters. The molecule has 0 spiro atoms. The molecule has 4 rings (SSSR count). The van der Waals surface area contributed by atoms with Gasteiger partial charge in [-0.25, -0.2) is 0 Å². The number of hydrogen-bond donors (Lipinski definition) is 1. The number of hydrogen-bond acceptors (Lipinski definition) is 3. The van der Waals surface area contributed by atoms with Crippen LogP contribution in [0.25, 0.3) is 0 Å². The number of rotatable bonds is 4. The fourth-order valence-electron chi connectivity index (χ4n) is 3.86. The lowest BCUT2D eigenvalue weighted by Gasteiger charge is -2.30. The molecule has 3 atom stereocenters. The van der Waals surface area contributed by atoms with E-state index in [2.05, 4.69) is 51.9 Å². The van der Waals surface area contributed by atoms with Crippen molar-refractivity contribution in [2.45, 2.75) is 38.0 Å². The van der Waals surface area contributed by atoms with Crippen molar-refractivity contribution in [2.75, 3.05) is 13.2 Å². The summed E-state index contributed by atoms with van der Waals surface area (Å²) in [5.41, 5.74) is 3.51. The summed E-state index contributed by atoms with van der Waals surface area (Å²) in [7, 11) is 2.12. The number of thiocarbonyl (C=S) groups is 1. The molecule has 0 aromatic carbocycles. The molecule has 4 heterocycles. The Morgan fingerprint density at radius 2 is 2.20 bits per heavy atom. The average Bonchev–Trinajstić information content (AvgIpc) is 3.32. The van der Waals surface area contributed by atoms with Gasteiger partial charge < -0.3 is 19.5 Å². The topological polar surface area (TPSA) is 42.3 Å². The van der Waals surface area contributed by atoms with Crippen LogP contribution in [0.3, 0.4) is 0 Å². The summed E-state index contributed by atoms with van der Waals surface area (Å²) in [5.74, 6) is 0. The van der Waals surface area contributed by atoms with Crippen LogP contribution >= 0.6 is 12.2 Å². The quantitative estimate of drug-likeness (QED) is 0.854. The second-order valence-electron chi connectivity index (χ2n) is 6.87. The predicted octanol–water partition coefficient (Wildman–Crippen LogP) is 2.88. The van der Waals surface area contributed by atoms with Crippen LogP contribution in [-0.2, 0) is 11.8 Å². The Hall–Kier alpha value is -1.92. The van der Waals surface area contributed by atoms with Gasteiger partial charge in [0.15, 0.2) is 5.11 Å². The average molecular weight is 356 g/mol. The van der Waals surface area contributed by atoms with E-state index in [1.807, 2.05) is 18.3 Å². The first-order valence-electron chi connectivity index (χ1n) is 8.87. The highest BCUT2D eigenvalue weighted by molar-refractivity contribution is 7.80. The monoisotopic (exact) mass is 356 g/mol. The molecule has 2 aliphatic heterocycles. The molecule has 0 saturated carbocycles. The van der Waals surface area contributed by atoms with Crippen molar-refractivity contribution in [1.82, 2.24) is 19.8 Å². The van der Waals surface area contributed by atoms with E-state index in [0.29, 0.717) is 0 Å². The first-order chi connectivity index (χ1) is 12.1. The molecule has 0 amide bonds. The van der Waals surface area contributed by atoms with Crippen molar-refractivity contribution in [3.8, 4) is 0 Å². The molecule has 0 radical (unpaired) electrons. The molecule has 0 aliphatic carbocycles. The van der Waals surface area contributed by atoms with E-state index in [4.69, 9.17) is 17.0 Å². The Balaban J connectivity index is 1.71. The van der Waals surface area contributed by atoms with Gasteiger partial charge in [-0.3, -0.25) is 4.98 Å². The van der Waals surface area contributed by atoms with Gasteiger partial charge in [0.25, 0.3) is 0 Å². The lowest BCUT2D eigenvalue weighted by Crippen LogP contribution is -2.36. The highest BCUT2D eigenvalue weighted by Crippen LogP contribution is 2.39. The lowest BCUT2D eigenvalue weighted by atomic mass is 10.0. The number of pyridine rings is 1. The largest absolute Gasteiger partial charge is 0.376 e. The van der Waals surface area contributed by atoms with Gasteiger partial charge >= 0.3 is 0 Å². The van der Waals surface area contributed by atoms with Crippen LogP contribution in [0, 0.1) is 6.92 Å². The number of nitrogens with one attached hydrogen (secondary N) is 1. The van der Waals surface area contributed by atoms with Crippen LogP contribution < -0.4 is 5.32 Å². The van der Waals surface area contributed by atoms with Crippen molar-refractivity contribution < 1.29 is 4.74 Å². The molecule has 2 aliphatic rings. The fourth-order valence-corrected chi connectivity index (χ4v) is 4.18. The van der Waals surface area contributed by atoms with Gasteiger partial charge in [0.1, 0.15) is 0 Å². The molecule has 132 valence electrons.